The van der Waals surface area contributed by atoms with Gasteiger partial charge in [-0.1, -0.05) is 23.7 Å². The number of carbonyl (C=O) groups excluding carboxylic acids is 2. The topological polar surface area (TPSA) is 59.1 Å². The minimum absolute atomic E-state index is 0.0815. The fraction of sp³-hybridized carbons (Fsp3) is 0.364. The Morgan fingerprint density at radius 3 is 2.47 bits per heavy atom. The summed E-state index contributed by atoms with van der Waals surface area (Å²) in [5, 5.41) is 0.0815. The van der Waals surface area contributed by atoms with Crippen molar-refractivity contribution in [3.8, 4) is 5.75 Å². The van der Waals surface area contributed by atoms with E-state index < -0.39 is 11.9 Å². The van der Waals surface area contributed by atoms with E-state index in [4.69, 9.17) is 21.1 Å². The number of hydrogen-bond acceptors (Lipinski definition) is 4. The maximum Gasteiger partial charge on any atom is 0.255 e. The number of benzene rings is 2. The van der Waals surface area contributed by atoms with Crippen LogP contribution >= 0.6 is 11.6 Å². The summed E-state index contributed by atoms with van der Waals surface area (Å²) in [6, 6.07) is 11.2. The molecule has 30 heavy (non-hydrogen) atoms. The smallest absolute Gasteiger partial charge is 0.255 e. The van der Waals surface area contributed by atoms with Gasteiger partial charge in [0.1, 0.15) is 17.7 Å². The van der Waals surface area contributed by atoms with E-state index in [9.17, 15) is 14.0 Å². The molecule has 2 aromatic rings. The average Bonchev–Trinajstić information content (AvgIpc) is 2.76. The molecule has 0 N–H and O–H groups in total. The largest absolute Gasteiger partial charge is 0.497 e. The highest BCUT2D eigenvalue weighted by Crippen LogP contribution is 2.20. The molecule has 1 unspecified atom stereocenters. The lowest BCUT2D eigenvalue weighted by Crippen LogP contribution is -2.52. The Bertz CT molecular complexity index is 916. The zero-order valence-electron chi connectivity index (χ0n) is 16.9. The number of halogens is 2. The second-order valence-electron chi connectivity index (χ2n) is 7.05. The van der Waals surface area contributed by atoms with E-state index in [1.54, 1.807) is 23.8 Å². The molecule has 0 aliphatic carbocycles. The molecule has 0 aromatic heterocycles. The molecule has 0 saturated carbocycles. The van der Waals surface area contributed by atoms with Crippen LogP contribution in [0, 0.1) is 5.82 Å². The fourth-order valence-corrected chi connectivity index (χ4v) is 3.52. The normalized spacial score (nSPS) is 15.1. The molecule has 6 nitrogen and oxygen atoms in total. The summed E-state index contributed by atoms with van der Waals surface area (Å²) in [5.74, 6) is -0.147. The Labute approximate surface area is 180 Å². The Morgan fingerprint density at radius 2 is 1.80 bits per heavy atom. The molecule has 160 valence electrons. The number of amides is 2. The van der Waals surface area contributed by atoms with Crippen LogP contribution in [-0.2, 0) is 16.1 Å². The number of hydrogen-bond donors (Lipinski definition) is 0. The molecule has 1 aliphatic heterocycles. The van der Waals surface area contributed by atoms with E-state index in [1.807, 2.05) is 24.3 Å². The van der Waals surface area contributed by atoms with Gasteiger partial charge >= 0.3 is 0 Å². The molecule has 2 amide bonds. The van der Waals surface area contributed by atoms with Gasteiger partial charge in [-0.25, -0.2) is 4.39 Å². The van der Waals surface area contributed by atoms with Crippen LogP contribution in [-0.4, -0.2) is 61.0 Å². The molecule has 1 aliphatic rings. The van der Waals surface area contributed by atoms with Gasteiger partial charge in [0, 0.05) is 26.2 Å². The molecule has 8 heteroatoms. The number of ether oxygens (including phenoxy) is 2. The number of rotatable bonds is 6. The minimum atomic E-state index is -0.606. The first-order valence-electron chi connectivity index (χ1n) is 9.66. The van der Waals surface area contributed by atoms with Gasteiger partial charge in [0.2, 0.25) is 0 Å². The molecule has 2 aromatic carbocycles. The van der Waals surface area contributed by atoms with Crippen LogP contribution in [0.25, 0.3) is 0 Å². The standard InChI is InChI=1S/C22H24ClFN2O4/c1-15(30-14-16-4-3-5-18(12-16)29-2)21(27)25-8-10-26(11-9-25)22(28)19-7-6-17(24)13-20(19)23/h3-7,12-13,15H,8-11,14H2,1-2H3. The van der Waals surface area contributed by atoms with Crippen molar-refractivity contribution in [2.75, 3.05) is 33.3 Å². The van der Waals surface area contributed by atoms with Crippen molar-refractivity contribution in [1.82, 2.24) is 9.80 Å². The maximum absolute atomic E-state index is 13.2. The summed E-state index contributed by atoms with van der Waals surface area (Å²) >= 11 is 5.99. The number of piperazine rings is 1. The highest BCUT2D eigenvalue weighted by atomic mass is 35.5. The average molecular weight is 435 g/mol. The number of methoxy groups -OCH3 is 1. The second kappa shape index (κ2) is 9.91. The molecule has 0 radical (unpaired) electrons. The van der Waals surface area contributed by atoms with Crippen molar-refractivity contribution in [1.29, 1.82) is 0 Å². The summed E-state index contributed by atoms with van der Waals surface area (Å²) in [5.41, 5.74) is 1.17. The summed E-state index contributed by atoms with van der Waals surface area (Å²) in [6.07, 6.45) is -0.606. The Hall–Kier alpha value is -2.64. The van der Waals surface area contributed by atoms with Gasteiger partial charge in [-0.2, -0.15) is 0 Å². The minimum Gasteiger partial charge on any atom is -0.497 e. The van der Waals surface area contributed by atoms with E-state index in [0.717, 1.165) is 17.4 Å². The van der Waals surface area contributed by atoms with Crippen LogP contribution in [0.1, 0.15) is 22.8 Å². The molecule has 0 spiro atoms. The van der Waals surface area contributed by atoms with Crippen LogP contribution in [0.2, 0.25) is 5.02 Å². The van der Waals surface area contributed by atoms with Crippen LogP contribution < -0.4 is 4.74 Å². The van der Waals surface area contributed by atoms with Crippen molar-refractivity contribution in [3.63, 3.8) is 0 Å². The van der Waals surface area contributed by atoms with Gasteiger partial charge in [-0.3, -0.25) is 9.59 Å². The predicted molar refractivity (Wildman–Crippen MR) is 111 cm³/mol. The fourth-order valence-electron chi connectivity index (χ4n) is 3.28. The maximum atomic E-state index is 13.2. The first-order valence-corrected chi connectivity index (χ1v) is 10.0. The van der Waals surface area contributed by atoms with Crippen LogP contribution in [0.5, 0.6) is 5.75 Å². The molecule has 1 saturated heterocycles. The molecule has 1 fully saturated rings. The van der Waals surface area contributed by atoms with Crippen molar-refractivity contribution in [3.05, 3.63) is 64.4 Å². The number of nitrogens with zero attached hydrogens (tertiary/aromatic N) is 2. The van der Waals surface area contributed by atoms with Gasteiger partial charge in [0.25, 0.3) is 11.8 Å². The van der Waals surface area contributed by atoms with Gasteiger partial charge < -0.3 is 19.3 Å². The molecular formula is C22H24ClFN2O4. The lowest BCUT2D eigenvalue weighted by Gasteiger charge is -2.36. The van der Waals surface area contributed by atoms with E-state index in [1.165, 1.54) is 12.1 Å². The van der Waals surface area contributed by atoms with Gasteiger partial charge in [0.15, 0.2) is 0 Å². The third-order valence-corrected chi connectivity index (χ3v) is 5.33. The highest BCUT2D eigenvalue weighted by molar-refractivity contribution is 6.33. The van der Waals surface area contributed by atoms with Crippen molar-refractivity contribution < 1.29 is 23.5 Å². The van der Waals surface area contributed by atoms with E-state index >= 15 is 0 Å². The van der Waals surface area contributed by atoms with Gasteiger partial charge in [-0.05, 0) is 42.8 Å². The third kappa shape index (κ3) is 5.29. The van der Waals surface area contributed by atoms with Crippen LogP contribution in [0.15, 0.2) is 42.5 Å². The van der Waals surface area contributed by atoms with E-state index in [-0.39, 0.29) is 22.4 Å². The zero-order valence-corrected chi connectivity index (χ0v) is 17.7. The Kier molecular flexibility index (Phi) is 7.29. The van der Waals surface area contributed by atoms with Crippen molar-refractivity contribution >= 4 is 23.4 Å². The van der Waals surface area contributed by atoms with Gasteiger partial charge in [-0.15, -0.1) is 0 Å². The quantitative estimate of drug-likeness (QED) is 0.699. The zero-order chi connectivity index (χ0) is 21.7. The van der Waals surface area contributed by atoms with Crippen molar-refractivity contribution in [2.45, 2.75) is 19.6 Å². The molecule has 0 bridgehead atoms. The van der Waals surface area contributed by atoms with Crippen molar-refractivity contribution in [2.24, 2.45) is 0 Å². The third-order valence-electron chi connectivity index (χ3n) is 5.02. The first kappa shape index (κ1) is 22.1. The molecule has 1 atom stereocenters. The molecular weight excluding hydrogens is 411 g/mol. The van der Waals surface area contributed by atoms with Crippen LogP contribution in [0.4, 0.5) is 4.39 Å². The Morgan fingerprint density at radius 1 is 1.10 bits per heavy atom. The van der Waals surface area contributed by atoms with Gasteiger partial charge in [0.05, 0.1) is 24.3 Å². The lowest BCUT2D eigenvalue weighted by molar-refractivity contribution is -0.144. The van der Waals surface area contributed by atoms with E-state index in [0.29, 0.717) is 32.8 Å². The predicted octanol–water partition coefficient (Wildman–Crippen LogP) is 3.38. The Balaban J connectivity index is 1.51. The summed E-state index contributed by atoms with van der Waals surface area (Å²) in [6.45, 7) is 3.57. The lowest BCUT2D eigenvalue weighted by atomic mass is 10.1. The number of carbonyl (C=O) groups is 2. The monoisotopic (exact) mass is 434 g/mol. The molecule has 3 rings (SSSR count). The first-order chi connectivity index (χ1) is 14.4. The van der Waals surface area contributed by atoms with Crippen LogP contribution in [0.3, 0.4) is 0 Å². The summed E-state index contributed by atoms with van der Waals surface area (Å²) in [7, 11) is 1.60. The summed E-state index contributed by atoms with van der Waals surface area (Å²) in [4.78, 5) is 28.6. The molecule has 1 heterocycles. The van der Waals surface area contributed by atoms with E-state index in [2.05, 4.69) is 0 Å². The summed E-state index contributed by atoms with van der Waals surface area (Å²) < 4.78 is 24.1. The SMILES string of the molecule is COc1cccc(COC(C)C(=O)N2CCN(C(=O)c3ccc(F)cc3Cl)CC2)c1. The highest BCUT2D eigenvalue weighted by Gasteiger charge is 2.28. The second-order valence-corrected chi connectivity index (χ2v) is 7.45.